The SMILES string of the molecule is O=C(NC(Cc1ccccc1)c1ccccc1)c1ccncc1. The fourth-order valence-electron chi connectivity index (χ4n) is 2.53. The molecule has 0 saturated heterocycles. The van der Waals surface area contributed by atoms with E-state index in [4.69, 9.17) is 0 Å². The lowest BCUT2D eigenvalue weighted by Gasteiger charge is -2.19. The number of nitrogens with zero attached hydrogens (tertiary/aromatic N) is 1. The Balaban J connectivity index is 1.82. The largest absolute Gasteiger partial charge is 0.345 e. The highest BCUT2D eigenvalue weighted by Crippen LogP contribution is 2.19. The molecule has 1 amide bonds. The number of hydrogen-bond donors (Lipinski definition) is 1. The van der Waals surface area contributed by atoms with Gasteiger partial charge in [0, 0.05) is 18.0 Å². The molecular weight excluding hydrogens is 284 g/mol. The Morgan fingerprint density at radius 1 is 0.870 bits per heavy atom. The first-order valence-electron chi connectivity index (χ1n) is 7.63. The first-order valence-corrected chi connectivity index (χ1v) is 7.63. The number of benzene rings is 2. The van der Waals surface area contributed by atoms with Gasteiger partial charge in [-0.3, -0.25) is 9.78 Å². The smallest absolute Gasteiger partial charge is 0.251 e. The summed E-state index contributed by atoms with van der Waals surface area (Å²) >= 11 is 0. The quantitative estimate of drug-likeness (QED) is 0.779. The van der Waals surface area contributed by atoms with E-state index < -0.39 is 0 Å². The van der Waals surface area contributed by atoms with Crippen LogP contribution in [-0.2, 0) is 6.42 Å². The van der Waals surface area contributed by atoms with Crippen molar-refractivity contribution in [3.63, 3.8) is 0 Å². The molecule has 0 aliphatic heterocycles. The molecule has 3 rings (SSSR count). The highest BCUT2D eigenvalue weighted by atomic mass is 16.1. The number of nitrogens with one attached hydrogen (secondary N) is 1. The van der Waals surface area contributed by atoms with Crippen LogP contribution in [0.5, 0.6) is 0 Å². The van der Waals surface area contributed by atoms with Crippen LogP contribution in [-0.4, -0.2) is 10.9 Å². The summed E-state index contributed by atoms with van der Waals surface area (Å²) in [6.45, 7) is 0. The summed E-state index contributed by atoms with van der Waals surface area (Å²) in [5.74, 6) is -0.0859. The minimum absolute atomic E-state index is 0.0701. The molecule has 1 unspecified atom stereocenters. The van der Waals surface area contributed by atoms with Crippen molar-refractivity contribution in [3.05, 3.63) is 102 Å². The second kappa shape index (κ2) is 7.36. The van der Waals surface area contributed by atoms with Crippen LogP contribution < -0.4 is 5.32 Å². The summed E-state index contributed by atoms with van der Waals surface area (Å²) in [7, 11) is 0. The van der Waals surface area contributed by atoms with Crippen molar-refractivity contribution >= 4 is 5.91 Å². The maximum atomic E-state index is 12.5. The van der Waals surface area contributed by atoms with Crippen LogP contribution >= 0.6 is 0 Å². The summed E-state index contributed by atoms with van der Waals surface area (Å²) in [6, 6.07) is 23.6. The van der Waals surface area contributed by atoms with Crippen LogP contribution in [0.3, 0.4) is 0 Å². The average molecular weight is 302 g/mol. The van der Waals surface area contributed by atoms with Gasteiger partial charge >= 0.3 is 0 Å². The summed E-state index contributed by atoms with van der Waals surface area (Å²) in [5, 5.41) is 3.13. The fraction of sp³-hybridized carbons (Fsp3) is 0.100. The molecule has 23 heavy (non-hydrogen) atoms. The minimum Gasteiger partial charge on any atom is -0.345 e. The van der Waals surface area contributed by atoms with E-state index in [9.17, 15) is 4.79 Å². The summed E-state index contributed by atoms with van der Waals surface area (Å²) < 4.78 is 0. The lowest BCUT2D eigenvalue weighted by atomic mass is 9.98. The van der Waals surface area contributed by atoms with Crippen molar-refractivity contribution in [1.82, 2.24) is 10.3 Å². The zero-order chi connectivity index (χ0) is 15.9. The predicted molar refractivity (Wildman–Crippen MR) is 91.0 cm³/mol. The Bertz CT molecular complexity index is 742. The third-order valence-electron chi connectivity index (χ3n) is 3.73. The van der Waals surface area contributed by atoms with Gasteiger partial charge in [0.15, 0.2) is 0 Å². The van der Waals surface area contributed by atoms with E-state index in [0.29, 0.717) is 5.56 Å². The van der Waals surface area contributed by atoms with E-state index in [-0.39, 0.29) is 11.9 Å². The zero-order valence-electron chi connectivity index (χ0n) is 12.7. The molecule has 3 aromatic rings. The molecular formula is C20H18N2O. The monoisotopic (exact) mass is 302 g/mol. The second-order valence-corrected chi connectivity index (χ2v) is 5.36. The molecule has 1 N–H and O–H groups in total. The number of carbonyl (C=O) groups excluding carboxylic acids is 1. The van der Waals surface area contributed by atoms with Crippen molar-refractivity contribution in [2.24, 2.45) is 0 Å². The van der Waals surface area contributed by atoms with E-state index in [1.807, 2.05) is 48.5 Å². The Kier molecular flexibility index (Phi) is 4.79. The topological polar surface area (TPSA) is 42.0 Å². The van der Waals surface area contributed by atoms with Gasteiger partial charge in [-0.1, -0.05) is 60.7 Å². The van der Waals surface area contributed by atoms with Crippen molar-refractivity contribution < 1.29 is 4.79 Å². The molecule has 114 valence electrons. The van der Waals surface area contributed by atoms with Gasteiger partial charge in [0.2, 0.25) is 0 Å². The molecule has 0 aliphatic rings. The number of carbonyl (C=O) groups is 1. The third-order valence-corrected chi connectivity index (χ3v) is 3.73. The highest BCUT2D eigenvalue weighted by molar-refractivity contribution is 5.94. The van der Waals surface area contributed by atoms with Gasteiger partial charge in [0.1, 0.15) is 0 Å². The number of amides is 1. The Morgan fingerprint density at radius 2 is 1.48 bits per heavy atom. The molecule has 3 heteroatoms. The maximum absolute atomic E-state index is 12.5. The van der Waals surface area contributed by atoms with E-state index in [0.717, 1.165) is 12.0 Å². The van der Waals surface area contributed by atoms with Crippen molar-refractivity contribution in [3.8, 4) is 0 Å². The number of pyridine rings is 1. The molecule has 0 saturated carbocycles. The molecule has 0 aliphatic carbocycles. The Labute approximate surface area is 136 Å². The molecule has 2 aromatic carbocycles. The summed E-state index contributed by atoms with van der Waals surface area (Å²) in [5.41, 5.74) is 2.91. The number of hydrogen-bond acceptors (Lipinski definition) is 2. The Morgan fingerprint density at radius 3 is 2.13 bits per heavy atom. The second-order valence-electron chi connectivity index (χ2n) is 5.36. The van der Waals surface area contributed by atoms with Crippen LogP contribution in [0.2, 0.25) is 0 Å². The van der Waals surface area contributed by atoms with Crippen molar-refractivity contribution in [2.75, 3.05) is 0 Å². The van der Waals surface area contributed by atoms with Gasteiger partial charge in [-0.2, -0.15) is 0 Å². The van der Waals surface area contributed by atoms with Gasteiger partial charge in [0.05, 0.1) is 6.04 Å². The molecule has 1 heterocycles. The first-order chi connectivity index (χ1) is 11.3. The lowest BCUT2D eigenvalue weighted by molar-refractivity contribution is 0.0936. The van der Waals surface area contributed by atoms with Crippen LogP contribution in [0.4, 0.5) is 0 Å². The third kappa shape index (κ3) is 4.04. The molecule has 3 nitrogen and oxygen atoms in total. The van der Waals surface area contributed by atoms with E-state index in [2.05, 4.69) is 22.4 Å². The van der Waals surface area contributed by atoms with Gasteiger partial charge in [-0.05, 0) is 29.7 Å². The van der Waals surface area contributed by atoms with E-state index in [1.165, 1.54) is 5.56 Å². The van der Waals surface area contributed by atoms with Gasteiger partial charge < -0.3 is 5.32 Å². The molecule has 0 spiro atoms. The molecule has 0 fully saturated rings. The van der Waals surface area contributed by atoms with Gasteiger partial charge in [0.25, 0.3) is 5.91 Å². The summed E-state index contributed by atoms with van der Waals surface area (Å²) in [6.07, 6.45) is 4.01. The van der Waals surface area contributed by atoms with E-state index in [1.54, 1.807) is 24.5 Å². The lowest BCUT2D eigenvalue weighted by Crippen LogP contribution is -2.30. The normalized spacial score (nSPS) is 11.7. The minimum atomic E-state index is -0.0859. The van der Waals surface area contributed by atoms with Crippen LogP contribution in [0.25, 0.3) is 0 Å². The Hall–Kier alpha value is -2.94. The standard InChI is InChI=1S/C20H18N2O/c23-20(18-11-13-21-14-12-18)22-19(17-9-5-2-6-10-17)15-16-7-3-1-4-8-16/h1-14,19H,15H2,(H,22,23). The number of rotatable bonds is 5. The number of aromatic nitrogens is 1. The van der Waals surface area contributed by atoms with Crippen LogP contribution in [0.1, 0.15) is 27.5 Å². The van der Waals surface area contributed by atoms with Crippen molar-refractivity contribution in [1.29, 1.82) is 0 Å². The first kappa shape index (κ1) is 15.0. The molecule has 0 bridgehead atoms. The summed E-state index contributed by atoms with van der Waals surface area (Å²) in [4.78, 5) is 16.4. The average Bonchev–Trinajstić information content (AvgIpc) is 2.63. The van der Waals surface area contributed by atoms with Crippen LogP contribution in [0, 0.1) is 0 Å². The van der Waals surface area contributed by atoms with E-state index >= 15 is 0 Å². The van der Waals surface area contributed by atoms with Crippen LogP contribution in [0.15, 0.2) is 85.2 Å². The zero-order valence-corrected chi connectivity index (χ0v) is 12.7. The molecule has 0 radical (unpaired) electrons. The molecule has 1 atom stereocenters. The maximum Gasteiger partial charge on any atom is 0.251 e. The highest BCUT2D eigenvalue weighted by Gasteiger charge is 2.16. The predicted octanol–water partition coefficient (Wildman–Crippen LogP) is 3.80. The van der Waals surface area contributed by atoms with Gasteiger partial charge in [-0.15, -0.1) is 0 Å². The van der Waals surface area contributed by atoms with Gasteiger partial charge in [-0.25, -0.2) is 0 Å². The molecule has 1 aromatic heterocycles. The fourth-order valence-corrected chi connectivity index (χ4v) is 2.53. The van der Waals surface area contributed by atoms with Crippen molar-refractivity contribution in [2.45, 2.75) is 12.5 Å².